The maximum Gasteiger partial charge on any atom is 0.240 e. The van der Waals surface area contributed by atoms with Gasteiger partial charge in [-0.1, -0.05) is 37.3 Å². The van der Waals surface area contributed by atoms with Crippen LogP contribution in [0.15, 0.2) is 30.3 Å². The van der Waals surface area contributed by atoms with Gasteiger partial charge in [0.05, 0.1) is 12.7 Å². The first-order valence-electron chi connectivity index (χ1n) is 7.80. The molecule has 20 heavy (non-hydrogen) atoms. The van der Waals surface area contributed by atoms with Gasteiger partial charge in [0.15, 0.2) is 0 Å². The Bertz CT molecular complexity index is 455. The van der Waals surface area contributed by atoms with E-state index in [4.69, 9.17) is 0 Å². The summed E-state index contributed by atoms with van der Waals surface area (Å²) in [4.78, 5) is 14.4. The normalized spacial score (nSPS) is 24.1. The third-order valence-corrected chi connectivity index (χ3v) is 4.64. The molecule has 108 valence electrons. The van der Waals surface area contributed by atoms with Crippen molar-refractivity contribution in [3.63, 3.8) is 0 Å². The zero-order valence-corrected chi connectivity index (χ0v) is 12.2. The average Bonchev–Trinajstić information content (AvgIpc) is 3.26. The second kappa shape index (κ2) is 5.96. The fraction of sp³-hybridized carbons (Fsp3) is 0.588. The maximum absolute atomic E-state index is 12.4. The highest BCUT2D eigenvalue weighted by molar-refractivity contribution is 5.83. The van der Waals surface area contributed by atoms with E-state index in [-0.39, 0.29) is 6.04 Å². The van der Waals surface area contributed by atoms with E-state index in [1.54, 1.807) is 0 Å². The fourth-order valence-corrected chi connectivity index (χ4v) is 3.10. The van der Waals surface area contributed by atoms with E-state index < -0.39 is 0 Å². The van der Waals surface area contributed by atoms with Crippen LogP contribution in [0, 0.1) is 11.8 Å². The van der Waals surface area contributed by atoms with Crippen molar-refractivity contribution in [3.8, 4) is 0 Å². The fourth-order valence-electron chi connectivity index (χ4n) is 3.10. The number of rotatable bonds is 6. The highest BCUT2D eigenvalue weighted by Gasteiger charge is 2.35. The van der Waals surface area contributed by atoms with Gasteiger partial charge >= 0.3 is 0 Å². The van der Waals surface area contributed by atoms with Crippen LogP contribution in [0.4, 0.5) is 0 Å². The van der Waals surface area contributed by atoms with E-state index in [1.165, 1.54) is 18.4 Å². The van der Waals surface area contributed by atoms with Gasteiger partial charge in [-0.25, -0.2) is 0 Å². The first kappa shape index (κ1) is 13.6. The van der Waals surface area contributed by atoms with Gasteiger partial charge in [0.1, 0.15) is 0 Å². The second-order valence-electron chi connectivity index (χ2n) is 6.31. The van der Waals surface area contributed by atoms with Crippen molar-refractivity contribution in [1.29, 1.82) is 0 Å². The van der Waals surface area contributed by atoms with E-state index in [9.17, 15) is 4.79 Å². The Labute approximate surface area is 121 Å². The SMILES string of the molecule is CC(CN1CNC(CCc2ccccc2)C1=O)C1CC1. The Morgan fingerprint density at radius 2 is 2.05 bits per heavy atom. The zero-order valence-electron chi connectivity index (χ0n) is 12.2. The summed E-state index contributed by atoms with van der Waals surface area (Å²) < 4.78 is 0. The second-order valence-corrected chi connectivity index (χ2v) is 6.31. The summed E-state index contributed by atoms with van der Waals surface area (Å²) in [6, 6.07) is 10.4. The van der Waals surface area contributed by atoms with Crippen molar-refractivity contribution in [1.82, 2.24) is 10.2 Å². The third kappa shape index (κ3) is 3.21. The van der Waals surface area contributed by atoms with Gasteiger partial charge < -0.3 is 4.90 Å². The molecule has 2 unspecified atom stereocenters. The van der Waals surface area contributed by atoms with Crippen LogP contribution in [0.5, 0.6) is 0 Å². The van der Waals surface area contributed by atoms with Gasteiger partial charge in [0.2, 0.25) is 5.91 Å². The van der Waals surface area contributed by atoms with Crippen LogP contribution >= 0.6 is 0 Å². The number of aryl methyl sites for hydroxylation is 1. The molecular formula is C17H24N2O. The molecule has 3 heteroatoms. The highest BCUT2D eigenvalue weighted by Crippen LogP contribution is 2.37. The summed E-state index contributed by atoms with van der Waals surface area (Å²) in [7, 11) is 0. The number of carbonyl (C=O) groups excluding carboxylic acids is 1. The van der Waals surface area contributed by atoms with Gasteiger partial charge in [-0.2, -0.15) is 0 Å². The van der Waals surface area contributed by atoms with E-state index in [0.717, 1.165) is 32.0 Å². The minimum atomic E-state index is 0.0154. The largest absolute Gasteiger partial charge is 0.328 e. The Hall–Kier alpha value is -1.35. The predicted molar refractivity (Wildman–Crippen MR) is 80.2 cm³/mol. The summed E-state index contributed by atoms with van der Waals surface area (Å²) in [5, 5.41) is 3.37. The van der Waals surface area contributed by atoms with Gasteiger partial charge in [-0.15, -0.1) is 0 Å². The van der Waals surface area contributed by atoms with E-state index in [1.807, 2.05) is 11.0 Å². The topological polar surface area (TPSA) is 32.3 Å². The molecule has 1 aliphatic heterocycles. The standard InChI is InChI=1S/C17H24N2O/c1-13(15-8-9-15)11-19-12-18-16(17(19)20)10-7-14-5-3-2-4-6-14/h2-6,13,15-16,18H,7-12H2,1H3. The molecule has 3 nitrogen and oxygen atoms in total. The molecule has 1 saturated heterocycles. The molecule has 1 amide bonds. The lowest BCUT2D eigenvalue weighted by Crippen LogP contribution is -2.34. The summed E-state index contributed by atoms with van der Waals surface area (Å²) >= 11 is 0. The summed E-state index contributed by atoms with van der Waals surface area (Å²) in [6.07, 6.45) is 4.58. The van der Waals surface area contributed by atoms with Gasteiger partial charge in [0, 0.05) is 6.54 Å². The number of hydrogen-bond acceptors (Lipinski definition) is 2. The minimum Gasteiger partial charge on any atom is -0.328 e. The van der Waals surface area contributed by atoms with Crippen LogP contribution in [-0.2, 0) is 11.2 Å². The molecule has 2 atom stereocenters. The molecule has 0 bridgehead atoms. The molecular weight excluding hydrogens is 248 g/mol. The molecule has 0 spiro atoms. The number of amides is 1. The molecule has 1 N–H and O–H groups in total. The third-order valence-electron chi connectivity index (χ3n) is 4.64. The lowest BCUT2D eigenvalue weighted by atomic mass is 10.0. The van der Waals surface area contributed by atoms with Gasteiger partial charge in [0.25, 0.3) is 0 Å². The van der Waals surface area contributed by atoms with E-state index >= 15 is 0 Å². The number of nitrogens with zero attached hydrogens (tertiary/aromatic N) is 1. The Balaban J connectivity index is 1.48. The number of nitrogens with one attached hydrogen (secondary N) is 1. The highest BCUT2D eigenvalue weighted by atomic mass is 16.2. The quantitative estimate of drug-likeness (QED) is 0.862. The summed E-state index contributed by atoms with van der Waals surface area (Å²) in [5.74, 6) is 1.83. The maximum atomic E-state index is 12.4. The molecule has 1 aromatic carbocycles. The van der Waals surface area contributed by atoms with Crippen LogP contribution in [0.3, 0.4) is 0 Å². The number of benzene rings is 1. The lowest BCUT2D eigenvalue weighted by Gasteiger charge is -2.20. The van der Waals surface area contributed by atoms with Crippen molar-refractivity contribution in [2.45, 2.75) is 38.6 Å². The first-order chi connectivity index (χ1) is 9.74. The molecule has 1 aromatic rings. The Kier molecular flexibility index (Phi) is 4.06. The molecule has 1 saturated carbocycles. The number of carbonyl (C=O) groups is 1. The van der Waals surface area contributed by atoms with Crippen LogP contribution < -0.4 is 5.32 Å². The summed E-state index contributed by atoms with van der Waals surface area (Å²) in [5.41, 5.74) is 1.31. The Morgan fingerprint density at radius 1 is 1.30 bits per heavy atom. The molecule has 1 heterocycles. The first-order valence-corrected chi connectivity index (χ1v) is 7.80. The minimum absolute atomic E-state index is 0.0154. The monoisotopic (exact) mass is 272 g/mol. The zero-order chi connectivity index (χ0) is 13.9. The van der Waals surface area contributed by atoms with Crippen LogP contribution in [0.25, 0.3) is 0 Å². The smallest absolute Gasteiger partial charge is 0.240 e. The van der Waals surface area contributed by atoms with Gasteiger partial charge in [-0.05, 0) is 43.1 Å². The average molecular weight is 272 g/mol. The molecule has 2 aliphatic rings. The van der Waals surface area contributed by atoms with Gasteiger partial charge in [-0.3, -0.25) is 10.1 Å². The van der Waals surface area contributed by atoms with E-state index in [2.05, 4.69) is 36.5 Å². The van der Waals surface area contributed by atoms with Crippen molar-refractivity contribution in [2.75, 3.05) is 13.2 Å². The molecule has 0 radical (unpaired) electrons. The van der Waals surface area contributed by atoms with Crippen LogP contribution in [-0.4, -0.2) is 30.1 Å². The summed E-state index contributed by atoms with van der Waals surface area (Å²) in [6.45, 7) is 3.94. The van der Waals surface area contributed by atoms with Crippen molar-refractivity contribution in [3.05, 3.63) is 35.9 Å². The van der Waals surface area contributed by atoms with Crippen molar-refractivity contribution in [2.24, 2.45) is 11.8 Å². The van der Waals surface area contributed by atoms with Crippen LogP contribution in [0.1, 0.15) is 31.7 Å². The molecule has 0 aromatic heterocycles. The van der Waals surface area contributed by atoms with Crippen LogP contribution in [0.2, 0.25) is 0 Å². The lowest BCUT2D eigenvalue weighted by molar-refractivity contribution is -0.129. The number of hydrogen-bond donors (Lipinski definition) is 1. The Morgan fingerprint density at radius 3 is 2.75 bits per heavy atom. The predicted octanol–water partition coefficient (Wildman–Crippen LogP) is 2.42. The van der Waals surface area contributed by atoms with Crippen molar-refractivity contribution < 1.29 is 4.79 Å². The molecule has 2 fully saturated rings. The molecule has 1 aliphatic carbocycles. The van der Waals surface area contributed by atoms with E-state index in [0.29, 0.717) is 11.8 Å². The van der Waals surface area contributed by atoms with Crippen molar-refractivity contribution >= 4 is 5.91 Å². The molecule has 3 rings (SSSR count).